The maximum Gasteiger partial charge on any atom is 0.407 e. The Labute approximate surface area is 217 Å². The van der Waals surface area contributed by atoms with Gasteiger partial charge >= 0.3 is 18.0 Å². The Morgan fingerprint density at radius 2 is 1.57 bits per heavy atom. The summed E-state index contributed by atoms with van der Waals surface area (Å²) in [7, 11) is 0. The van der Waals surface area contributed by atoms with E-state index in [2.05, 4.69) is 5.32 Å². The fraction of sp³-hybridized carbons (Fsp3) is 0.414. The molecule has 198 valence electrons. The first-order valence-corrected chi connectivity index (χ1v) is 12.4. The molecule has 2 atom stereocenters. The van der Waals surface area contributed by atoms with Gasteiger partial charge in [-0.05, 0) is 56.4 Å². The van der Waals surface area contributed by atoms with Crippen LogP contribution in [-0.2, 0) is 23.8 Å². The topological polar surface area (TPSA) is 111 Å². The number of hydrogen-bond donors (Lipinski definition) is 2. The second-order valence-electron chi connectivity index (χ2n) is 9.91. The van der Waals surface area contributed by atoms with Crippen LogP contribution in [0, 0.1) is 0 Å². The van der Waals surface area contributed by atoms with Crippen LogP contribution in [-0.4, -0.2) is 54.1 Å². The Morgan fingerprint density at radius 3 is 2.14 bits per heavy atom. The molecular weight excluding hydrogens is 474 g/mol. The summed E-state index contributed by atoms with van der Waals surface area (Å²) in [4.78, 5) is 36.7. The number of alkyl carbamates (subject to hydrolysis) is 1. The number of hydrogen-bond acceptors (Lipinski definition) is 7. The number of ether oxygens (including phenoxy) is 3. The van der Waals surface area contributed by atoms with Crippen molar-refractivity contribution in [3.63, 3.8) is 0 Å². The van der Waals surface area contributed by atoms with Crippen LogP contribution < -0.4 is 5.32 Å². The Morgan fingerprint density at radius 1 is 0.973 bits per heavy atom. The molecule has 1 aliphatic carbocycles. The van der Waals surface area contributed by atoms with E-state index in [4.69, 9.17) is 14.2 Å². The molecule has 2 N–H and O–H groups in total. The van der Waals surface area contributed by atoms with E-state index < -0.39 is 29.8 Å². The zero-order valence-electron chi connectivity index (χ0n) is 21.7. The van der Waals surface area contributed by atoms with E-state index in [0.717, 1.165) is 22.3 Å². The molecule has 0 aliphatic heterocycles. The average molecular weight is 510 g/mol. The van der Waals surface area contributed by atoms with Gasteiger partial charge in [-0.1, -0.05) is 60.7 Å². The van der Waals surface area contributed by atoms with E-state index in [1.165, 1.54) is 6.92 Å². The van der Waals surface area contributed by atoms with Gasteiger partial charge in [0.25, 0.3) is 0 Å². The number of rotatable bonds is 10. The van der Waals surface area contributed by atoms with Crippen LogP contribution in [0.4, 0.5) is 4.79 Å². The van der Waals surface area contributed by atoms with Crippen LogP contribution in [0.25, 0.3) is 11.1 Å². The van der Waals surface area contributed by atoms with Gasteiger partial charge in [0.2, 0.25) is 0 Å². The molecule has 2 aromatic carbocycles. The molecule has 0 radical (unpaired) electrons. The summed E-state index contributed by atoms with van der Waals surface area (Å²) >= 11 is 0. The van der Waals surface area contributed by atoms with Crippen molar-refractivity contribution in [2.45, 2.75) is 64.2 Å². The molecular formula is C29H35NO7. The highest BCUT2D eigenvalue weighted by Gasteiger charge is 2.31. The SMILES string of the molecule is C[C@@H](O)[C@H](NC(=O)OCC1c2ccccc2-c2ccccc21)C(=O)OC/C=C/CCC(=O)OC(C)(C)C. The van der Waals surface area contributed by atoms with Crippen molar-refractivity contribution in [3.05, 3.63) is 71.8 Å². The van der Waals surface area contributed by atoms with Gasteiger partial charge < -0.3 is 24.6 Å². The van der Waals surface area contributed by atoms with Gasteiger partial charge in [-0.3, -0.25) is 4.79 Å². The van der Waals surface area contributed by atoms with E-state index in [1.54, 1.807) is 32.9 Å². The molecule has 2 aromatic rings. The number of amides is 1. The molecule has 0 saturated heterocycles. The van der Waals surface area contributed by atoms with Crippen molar-refractivity contribution in [1.82, 2.24) is 5.32 Å². The van der Waals surface area contributed by atoms with Crippen molar-refractivity contribution >= 4 is 18.0 Å². The number of fused-ring (bicyclic) bond motifs is 3. The van der Waals surface area contributed by atoms with Crippen LogP contribution in [0.1, 0.15) is 57.6 Å². The second kappa shape index (κ2) is 12.5. The minimum Gasteiger partial charge on any atom is -0.460 e. The number of allylic oxidation sites excluding steroid dienone is 1. The van der Waals surface area contributed by atoms with Gasteiger partial charge in [-0.25, -0.2) is 9.59 Å². The van der Waals surface area contributed by atoms with Crippen molar-refractivity contribution in [2.24, 2.45) is 0 Å². The predicted octanol–water partition coefficient (Wildman–Crippen LogP) is 4.50. The molecule has 1 aliphatic rings. The summed E-state index contributed by atoms with van der Waals surface area (Å²) in [5.74, 6) is -1.23. The Balaban J connectivity index is 1.47. The second-order valence-corrected chi connectivity index (χ2v) is 9.91. The lowest BCUT2D eigenvalue weighted by molar-refractivity contribution is -0.154. The van der Waals surface area contributed by atoms with Crippen LogP contribution in [0.15, 0.2) is 60.7 Å². The molecule has 8 nitrogen and oxygen atoms in total. The average Bonchev–Trinajstić information content (AvgIpc) is 3.15. The number of esters is 2. The first-order valence-electron chi connectivity index (χ1n) is 12.4. The number of carbonyl (C=O) groups is 3. The predicted molar refractivity (Wildman–Crippen MR) is 139 cm³/mol. The van der Waals surface area contributed by atoms with E-state index in [9.17, 15) is 19.5 Å². The lowest BCUT2D eigenvalue weighted by atomic mass is 9.98. The van der Waals surface area contributed by atoms with E-state index in [1.807, 2.05) is 48.5 Å². The quantitative estimate of drug-likeness (QED) is 0.276. The number of aliphatic hydroxyl groups excluding tert-OH is 1. The van der Waals surface area contributed by atoms with Crippen LogP contribution >= 0.6 is 0 Å². The molecule has 0 unspecified atom stereocenters. The van der Waals surface area contributed by atoms with E-state index in [-0.39, 0.29) is 31.5 Å². The summed E-state index contributed by atoms with van der Waals surface area (Å²) in [6.45, 7) is 6.80. The van der Waals surface area contributed by atoms with Gasteiger partial charge in [-0.15, -0.1) is 0 Å². The molecule has 0 spiro atoms. The van der Waals surface area contributed by atoms with Gasteiger partial charge in [0.15, 0.2) is 6.04 Å². The number of benzene rings is 2. The monoisotopic (exact) mass is 509 g/mol. The summed E-state index contributed by atoms with van der Waals surface area (Å²) in [6.07, 6.45) is 1.93. The van der Waals surface area contributed by atoms with Gasteiger partial charge in [0, 0.05) is 12.3 Å². The Bertz CT molecular complexity index is 1090. The molecule has 3 rings (SSSR count). The van der Waals surface area contributed by atoms with Gasteiger partial charge in [-0.2, -0.15) is 0 Å². The van der Waals surface area contributed by atoms with Gasteiger partial charge in [0.05, 0.1) is 6.10 Å². The Hall–Kier alpha value is -3.65. The highest BCUT2D eigenvalue weighted by atomic mass is 16.6. The summed E-state index contributed by atoms with van der Waals surface area (Å²) in [6, 6.07) is 14.7. The van der Waals surface area contributed by atoms with Crippen LogP contribution in [0.5, 0.6) is 0 Å². The highest BCUT2D eigenvalue weighted by molar-refractivity contribution is 5.82. The van der Waals surface area contributed by atoms with Gasteiger partial charge in [0.1, 0.15) is 18.8 Å². The minimum atomic E-state index is -1.29. The summed E-state index contributed by atoms with van der Waals surface area (Å²) in [5.41, 5.74) is 3.82. The fourth-order valence-corrected chi connectivity index (χ4v) is 4.14. The van der Waals surface area contributed by atoms with Crippen molar-refractivity contribution in [2.75, 3.05) is 13.2 Å². The van der Waals surface area contributed by atoms with Crippen molar-refractivity contribution < 1.29 is 33.7 Å². The number of aliphatic hydroxyl groups is 1. The third-order valence-corrected chi connectivity index (χ3v) is 5.78. The molecule has 0 aromatic heterocycles. The molecule has 8 heteroatoms. The zero-order chi connectivity index (χ0) is 27.0. The summed E-state index contributed by atoms with van der Waals surface area (Å²) < 4.78 is 15.8. The highest BCUT2D eigenvalue weighted by Crippen LogP contribution is 2.44. The molecule has 0 bridgehead atoms. The van der Waals surface area contributed by atoms with Crippen LogP contribution in [0.2, 0.25) is 0 Å². The third-order valence-electron chi connectivity index (χ3n) is 5.78. The number of nitrogens with one attached hydrogen (secondary N) is 1. The molecule has 37 heavy (non-hydrogen) atoms. The zero-order valence-corrected chi connectivity index (χ0v) is 21.7. The first-order chi connectivity index (χ1) is 17.6. The lowest BCUT2D eigenvalue weighted by Gasteiger charge is -2.20. The number of carbonyl (C=O) groups excluding carboxylic acids is 3. The van der Waals surface area contributed by atoms with E-state index in [0.29, 0.717) is 6.42 Å². The maximum atomic E-state index is 12.5. The standard InChI is InChI=1S/C29H35NO7/c1-19(31)26(27(33)35-17-11-5-6-16-25(32)37-29(2,3)4)30-28(34)36-18-24-22-14-9-7-12-20(22)21-13-8-10-15-23(21)24/h5,7-15,19,24,26,31H,6,16-18H2,1-4H3,(H,30,34)/b11-5+/t19-,26+/m1/s1. The lowest BCUT2D eigenvalue weighted by Crippen LogP contribution is -2.48. The fourth-order valence-electron chi connectivity index (χ4n) is 4.14. The van der Waals surface area contributed by atoms with Crippen LogP contribution in [0.3, 0.4) is 0 Å². The summed E-state index contributed by atoms with van der Waals surface area (Å²) in [5, 5.41) is 12.4. The first kappa shape index (κ1) is 27.9. The minimum absolute atomic E-state index is 0.0667. The normalized spacial score (nSPS) is 14.4. The molecule has 0 fully saturated rings. The smallest absolute Gasteiger partial charge is 0.407 e. The van der Waals surface area contributed by atoms with Crippen molar-refractivity contribution in [3.8, 4) is 11.1 Å². The van der Waals surface area contributed by atoms with E-state index >= 15 is 0 Å². The maximum absolute atomic E-state index is 12.5. The largest absolute Gasteiger partial charge is 0.460 e. The third kappa shape index (κ3) is 7.92. The van der Waals surface area contributed by atoms with Crippen molar-refractivity contribution in [1.29, 1.82) is 0 Å². The Kier molecular flexibility index (Phi) is 9.47. The molecule has 0 saturated carbocycles. The molecule has 0 heterocycles. The molecule has 1 amide bonds.